The zero-order valence-electron chi connectivity index (χ0n) is 9.58. The number of hydrogen-bond donors (Lipinski definition) is 0. The van der Waals surface area contributed by atoms with E-state index in [2.05, 4.69) is 0 Å². The molecule has 0 aromatic carbocycles. The lowest BCUT2D eigenvalue weighted by atomic mass is 9.88. The molecule has 2 aliphatic carbocycles. The van der Waals surface area contributed by atoms with Crippen LogP contribution in [0.3, 0.4) is 0 Å². The maximum absolute atomic E-state index is 11.8. The smallest absolute Gasteiger partial charge is 0.310 e. The van der Waals surface area contributed by atoms with E-state index >= 15 is 0 Å². The second-order valence-corrected chi connectivity index (χ2v) is 5.75. The molecule has 3 heteroatoms. The molecule has 0 unspecified atom stereocenters. The first-order valence-corrected chi connectivity index (χ1v) is 5.62. The van der Waals surface area contributed by atoms with E-state index in [4.69, 9.17) is 4.74 Å². The van der Waals surface area contributed by atoms with Crippen molar-refractivity contribution in [1.29, 1.82) is 0 Å². The second-order valence-electron chi connectivity index (χ2n) is 5.75. The fourth-order valence-corrected chi connectivity index (χ4v) is 2.74. The molecule has 2 aliphatic rings. The number of esters is 1. The summed E-state index contributed by atoms with van der Waals surface area (Å²) in [6.45, 7) is 5.58. The van der Waals surface area contributed by atoms with Crippen LogP contribution in [-0.4, -0.2) is 17.4 Å². The summed E-state index contributed by atoms with van der Waals surface area (Å²) in [7, 11) is 0. The highest BCUT2D eigenvalue weighted by molar-refractivity contribution is 5.90. The van der Waals surface area contributed by atoms with Crippen LogP contribution in [0.1, 0.15) is 40.0 Å². The van der Waals surface area contributed by atoms with Crippen LogP contribution in [0.15, 0.2) is 0 Å². The van der Waals surface area contributed by atoms with Crippen LogP contribution in [0.2, 0.25) is 0 Å². The third-order valence-corrected chi connectivity index (χ3v) is 3.27. The normalized spacial score (nSPS) is 34.6. The monoisotopic (exact) mass is 210 g/mol. The minimum absolute atomic E-state index is 0.0372. The Morgan fingerprint density at radius 3 is 2.47 bits per heavy atom. The molecule has 0 N–H and O–H groups in total. The number of fused-ring (bicyclic) bond motifs is 2. The molecule has 2 fully saturated rings. The van der Waals surface area contributed by atoms with Gasteiger partial charge >= 0.3 is 5.97 Å². The Bertz CT molecular complexity index is 300. The molecule has 2 rings (SSSR count). The molecule has 0 radical (unpaired) electrons. The molecule has 0 aromatic heterocycles. The molecule has 0 spiro atoms. The van der Waals surface area contributed by atoms with Gasteiger partial charge in [0.15, 0.2) is 0 Å². The van der Waals surface area contributed by atoms with Crippen LogP contribution in [0.25, 0.3) is 0 Å². The Morgan fingerprint density at radius 1 is 1.33 bits per heavy atom. The standard InChI is InChI=1S/C12H18O3/c1-12(2,3)15-11(14)9-5-7-4-8(9)10(13)6-7/h7-9H,4-6H2,1-3H3/t7-,8-,9+/m0/s1. The molecule has 0 aromatic rings. The fraction of sp³-hybridized carbons (Fsp3) is 0.833. The van der Waals surface area contributed by atoms with Gasteiger partial charge in [-0.1, -0.05) is 0 Å². The SMILES string of the molecule is CC(C)(C)OC(=O)[C@@H]1C[C@H]2CC(=O)[C@H]1C2. The minimum atomic E-state index is -0.442. The highest BCUT2D eigenvalue weighted by atomic mass is 16.6. The fourth-order valence-electron chi connectivity index (χ4n) is 2.74. The Balaban J connectivity index is 2.01. The van der Waals surface area contributed by atoms with E-state index in [0.29, 0.717) is 12.3 Å². The first kappa shape index (κ1) is 10.7. The lowest BCUT2D eigenvalue weighted by molar-refractivity contribution is -0.163. The third-order valence-electron chi connectivity index (χ3n) is 3.27. The average molecular weight is 210 g/mol. The van der Waals surface area contributed by atoms with Crippen molar-refractivity contribution in [3.8, 4) is 0 Å². The molecule has 3 atom stereocenters. The van der Waals surface area contributed by atoms with Crippen molar-refractivity contribution in [2.24, 2.45) is 17.8 Å². The van der Waals surface area contributed by atoms with Crippen LogP contribution >= 0.6 is 0 Å². The van der Waals surface area contributed by atoms with Gasteiger partial charge < -0.3 is 4.74 Å². The highest BCUT2D eigenvalue weighted by Gasteiger charge is 2.49. The number of ether oxygens (including phenoxy) is 1. The number of carbonyl (C=O) groups is 2. The molecule has 0 aliphatic heterocycles. The molecular weight excluding hydrogens is 192 g/mol. The maximum atomic E-state index is 11.8. The summed E-state index contributed by atoms with van der Waals surface area (Å²) in [6, 6.07) is 0. The lowest BCUT2D eigenvalue weighted by Crippen LogP contribution is -2.33. The highest BCUT2D eigenvalue weighted by Crippen LogP contribution is 2.46. The maximum Gasteiger partial charge on any atom is 0.310 e. The van der Waals surface area contributed by atoms with Gasteiger partial charge in [0, 0.05) is 12.3 Å². The summed E-state index contributed by atoms with van der Waals surface area (Å²) in [4.78, 5) is 23.3. The van der Waals surface area contributed by atoms with Crippen molar-refractivity contribution in [3.05, 3.63) is 0 Å². The summed E-state index contributed by atoms with van der Waals surface area (Å²) in [6.07, 6.45) is 2.44. The molecule has 2 bridgehead atoms. The third kappa shape index (κ3) is 2.06. The van der Waals surface area contributed by atoms with E-state index in [0.717, 1.165) is 12.8 Å². The van der Waals surface area contributed by atoms with Crippen molar-refractivity contribution < 1.29 is 14.3 Å². The lowest BCUT2D eigenvalue weighted by Gasteiger charge is -2.25. The molecule has 84 valence electrons. The second kappa shape index (κ2) is 3.32. The van der Waals surface area contributed by atoms with Crippen LogP contribution < -0.4 is 0 Å². The zero-order chi connectivity index (χ0) is 11.2. The van der Waals surface area contributed by atoms with Crippen molar-refractivity contribution in [1.82, 2.24) is 0 Å². The van der Waals surface area contributed by atoms with Gasteiger partial charge in [0.2, 0.25) is 0 Å². The molecule has 0 heterocycles. The summed E-state index contributed by atoms with van der Waals surface area (Å²) < 4.78 is 5.33. The van der Waals surface area contributed by atoms with Gasteiger partial charge in [-0.2, -0.15) is 0 Å². The first-order valence-electron chi connectivity index (χ1n) is 5.62. The molecule has 0 amide bonds. The zero-order valence-corrected chi connectivity index (χ0v) is 9.58. The van der Waals surface area contributed by atoms with Crippen molar-refractivity contribution in [2.75, 3.05) is 0 Å². The molecule has 0 saturated heterocycles. The van der Waals surface area contributed by atoms with Crippen LogP contribution in [-0.2, 0) is 14.3 Å². The number of ketones is 1. The number of hydrogen-bond acceptors (Lipinski definition) is 3. The Labute approximate surface area is 90.2 Å². The number of rotatable bonds is 1. The predicted molar refractivity (Wildman–Crippen MR) is 55.2 cm³/mol. The van der Waals surface area contributed by atoms with Gasteiger partial charge in [-0.15, -0.1) is 0 Å². The van der Waals surface area contributed by atoms with Crippen molar-refractivity contribution in [3.63, 3.8) is 0 Å². The summed E-state index contributed by atoms with van der Waals surface area (Å²) in [5.74, 6) is 0.338. The predicted octanol–water partition coefficient (Wildman–Crippen LogP) is 1.94. The van der Waals surface area contributed by atoms with Gasteiger partial charge in [-0.3, -0.25) is 9.59 Å². The van der Waals surface area contributed by atoms with Gasteiger partial charge in [-0.25, -0.2) is 0 Å². The van der Waals surface area contributed by atoms with E-state index in [1.165, 1.54) is 0 Å². The number of carbonyl (C=O) groups excluding carboxylic acids is 2. The van der Waals surface area contributed by atoms with Crippen molar-refractivity contribution >= 4 is 11.8 Å². The largest absolute Gasteiger partial charge is 0.460 e. The summed E-state index contributed by atoms with van der Waals surface area (Å²) >= 11 is 0. The van der Waals surface area contributed by atoms with E-state index in [1.807, 2.05) is 20.8 Å². The number of Topliss-reactive ketones (excluding diaryl/α,β-unsaturated/α-hetero) is 1. The van der Waals surface area contributed by atoms with Gasteiger partial charge in [0.25, 0.3) is 0 Å². The van der Waals surface area contributed by atoms with Gasteiger partial charge in [0.1, 0.15) is 11.4 Å². The van der Waals surface area contributed by atoms with E-state index < -0.39 is 5.60 Å². The summed E-state index contributed by atoms with van der Waals surface area (Å²) in [5, 5.41) is 0. The Morgan fingerprint density at radius 2 is 2.00 bits per heavy atom. The van der Waals surface area contributed by atoms with Gasteiger partial charge in [-0.05, 0) is 39.5 Å². The van der Waals surface area contributed by atoms with Gasteiger partial charge in [0.05, 0.1) is 5.92 Å². The molecule has 15 heavy (non-hydrogen) atoms. The first-order chi connectivity index (χ1) is 6.87. The van der Waals surface area contributed by atoms with Crippen LogP contribution in [0.4, 0.5) is 0 Å². The van der Waals surface area contributed by atoms with Crippen LogP contribution in [0, 0.1) is 17.8 Å². The molecule has 3 nitrogen and oxygen atoms in total. The summed E-state index contributed by atoms with van der Waals surface area (Å²) in [5.41, 5.74) is -0.442. The molecule has 2 saturated carbocycles. The average Bonchev–Trinajstić information content (AvgIpc) is 2.58. The minimum Gasteiger partial charge on any atom is -0.460 e. The van der Waals surface area contributed by atoms with Crippen molar-refractivity contribution in [2.45, 2.75) is 45.6 Å². The Hall–Kier alpha value is -0.860. The molecular formula is C12H18O3. The topological polar surface area (TPSA) is 43.4 Å². The van der Waals surface area contributed by atoms with E-state index in [9.17, 15) is 9.59 Å². The Kier molecular flexibility index (Phi) is 2.36. The van der Waals surface area contributed by atoms with E-state index in [-0.39, 0.29) is 23.6 Å². The van der Waals surface area contributed by atoms with Crippen LogP contribution in [0.5, 0.6) is 0 Å². The van der Waals surface area contributed by atoms with E-state index in [1.54, 1.807) is 0 Å². The quantitative estimate of drug-likeness (QED) is 0.621.